The number of hydrogen-bond donors (Lipinski definition) is 1. The van der Waals surface area contributed by atoms with Gasteiger partial charge in [0, 0.05) is 11.4 Å². The molecule has 0 aromatic heterocycles. The lowest BCUT2D eigenvalue weighted by molar-refractivity contribution is 0.0577. The van der Waals surface area contributed by atoms with E-state index >= 15 is 0 Å². The lowest BCUT2D eigenvalue weighted by atomic mass is 10.1. The Bertz CT molecular complexity index is 676. The first-order valence-corrected chi connectivity index (χ1v) is 7.67. The molecule has 0 radical (unpaired) electrons. The monoisotopic (exact) mass is 312 g/mol. The van der Waals surface area contributed by atoms with Gasteiger partial charge < -0.3 is 10.5 Å². The van der Waals surface area contributed by atoms with Crippen molar-refractivity contribution in [2.75, 3.05) is 10.6 Å². The van der Waals surface area contributed by atoms with Gasteiger partial charge in [0.05, 0.1) is 6.54 Å². The fourth-order valence-electron chi connectivity index (χ4n) is 2.17. The van der Waals surface area contributed by atoms with E-state index in [1.165, 1.54) is 0 Å². The lowest BCUT2D eigenvalue weighted by Crippen LogP contribution is -2.36. The van der Waals surface area contributed by atoms with Crippen molar-refractivity contribution in [3.63, 3.8) is 0 Å². The molecule has 0 saturated carbocycles. The molecule has 0 fully saturated rings. The summed E-state index contributed by atoms with van der Waals surface area (Å²) in [5.41, 5.74) is 8.79. The van der Waals surface area contributed by atoms with Crippen molar-refractivity contribution in [1.29, 1.82) is 0 Å². The minimum Gasteiger partial charge on any atom is -0.443 e. The summed E-state index contributed by atoms with van der Waals surface area (Å²) in [6.07, 6.45) is -0.370. The molecular weight excluding hydrogens is 288 g/mol. The molecule has 2 rings (SSSR count). The highest BCUT2D eigenvalue weighted by Crippen LogP contribution is 2.24. The van der Waals surface area contributed by atoms with E-state index < -0.39 is 5.60 Å². The topological polar surface area (TPSA) is 55.6 Å². The van der Waals surface area contributed by atoms with Gasteiger partial charge in [0.25, 0.3) is 0 Å². The average Bonchev–Trinajstić information content (AvgIpc) is 2.47. The molecule has 0 heterocycles. The highest BCUT2D eigenvalue weighted by atomic mass is 16.6. The largest absolute Gasteiger partial charge is 0.443 e. The van der Waals surface area contributed by atoms with Crippen molar-refractivity contribution in [1.82, 2.24) is 0 Å². The van der Waals surface area contributed by atoms with E-state index in [2.05, 4.69) is 0 Å². The van der Waals surface area contributed by atoms with Gasteiger partial charge in [0.1, 0.15) is 5.60 Å². The standard InChI is InChI=1S/C19H24N2O2/c1-14-12-16(10-11-17(14)20)21(18(22)23-19(2,3)4)13-15-8-6-5-7-9-15/h5-12H,13,20H2,1-4H3. The summed E-state index contributed by atoms with van der Waals surface area (Å²) >= 11 is 0. The molecule has 0 saturated heterocycles. The number of nitrogens with two attached hydrogens (primary N) is 1. The first-order chi connectivity index (χ1) is 10.8. The fraction of sp³-hybridized carbons (Fsp3) is 0.316. The van der Waals surface area contributed by atoms with E-state index in [4.69, 9.17) is 10.5 Å². The Morgan fingerprint density at radius 1 is 1.13 bits per heavy atom. The van der Waals surface area contributed by atoms with Gasteiger partial charge in [-0.3, -0.25) is 4.90 Å². The predicted octanol–water partition coefficient (Wildman–Crippen LogP) is 4.52. The van der Waals surface area contributed by atoms with Crippen LogP contribution in [0, 0.1) is 6.92 Å². The number of benzene rings is 2. The zero-order valence-electron chi connectivity index (χ0n) is 14.2. The van der Waals surface area contributed by atoms with E-state index in [0.717, 1.165) is 16.8 Å². The van der Waals surface area contributed by atoms with Crippen molar-refractivity contribution in [3.8, 4) is 0 Å². The SMILES string of the molecule is Cc1cc(N(Cc2ccccc2)C(=O)OC(C)(C)C)ccc1N. The average molecular weight is 312 g/mol. The summed E-state index contributed by atoms with van der Waals surface area (Å²) in [7, 11) is 0. The Morgan fingerprint density at radius 2 is 1.78 bits per heavy atom. The van der Waals surface area contributed by atoms with Gasteiger partial charge in [-0.1, -0.05) is 30.3 Å². The quantitative estimate of drug-likeness (QED) is 0.848. The summed E-state index contributed by atoms with van der Waals surface area (Å²) in [6.45, 7) is 7.95. The number of hydrogen-bond acceptors (Lipinski definition) is 3. The highest BCUT2D eigenvalue weighted by molar-refractivity contribution is 5.88. The number of carbonyl (C=O) groups is 1. The Kier molecular flexibility index (Phi) is 4.94. The van der Waals surface area contributed by atoms with Crippen molar-refractivity contribution in [2.24, 2.45) is 0 Å². The first-order valence-electron chi connectivity index (χ1n) is 7.67. The number of carbonyl (C=O) groups excluding carboxylic acids is 1. The molecule has 0 aliphatic heterocycles. The number of ether oxygens (including phenoxy) is 1. The van der Waals surface area contributed by atoms with Crippen LogP contribution in [0.2, 0.25) is 0 Å². The first kappa shape index (κ1) is 16.9. The zero-order valence-corrected chi connectivity index (χ0v) is 14.2. The molecule has 0 unspecified atom stereocenters. The van der Waals surface area contributed by atoms with Crippen molar-refractivity contribution in [2.45, 2.75) is 39.8 Å². The van der Waals surface area contributed by atoms with Gasteiger partial charge >= 0.3 is 6.09 Å². The zero-order chi connectivity index (χ0) is 17.0. The third kappa shape index (κ3) is 4.74. The number of nitrogen functional groups attached to an aromatic ring is 1. The van der Waals surface area contributed by atoms with Crippen LogP contribution in [-0.2, 0) is 11.3 Å². The molecule has 122 valence electrons. The number of rotatable bonds is 3. The second kappa shape index (κ2) is 6.73. The predicted molar refractivity (Wildman–Crippen MR) is 94.5 cm³/mol. The van der Waals surface area contributed by atoms with Crippen molar-refractivity contribution in [3.05, 3.63) is 59.7 Å². The molecule has 4 heteroatoms. The molecule has 0 bridgehead atoms. The molecule has 0 aliphatic carbocycles. The minimum atomic E-state index is -0.547. The summed E-state index contributed by atoms with van der Waals surface area (Å²) < 4.78 is 5.55. The van der Waals surface area contributed by atoms with Crippen LogP contribution in [-0.4, -0.2) is 11.7 Å². The van der Waals surface area contributed by atoms with Gasteiger partial charge in [0.2, 0.25) is 0 Å². The van der Waals surface area contributed by atoms with E-state index in [0.29, 0.717) is 12.2 Å². The minimum absolute atomic E-state index is 0.370. The van der Waals surface area contributed by atoms with E-state index in [-0.39, 0.29) is 6.09 Å². The Balaban J connectivity index is 2.34. The lowest BCUT2D eigenvalue weighted by Gasteiger charge is -2.28. The maximum absolute atomic E-state index is 12.6. The van der Waals surface area contributed by atoms with E-state index in [1.54, 1.807) is 4.90 Å². The fourth-order valence-corrected chi connectivity index (χ4v) is 2.17. The normalized spacial score (nSPS) is 11.1. The van der Waals surface area contributed by atoms with Crippen LogP contribution in [0.15, 0.2) is 48.5 Å². The van der Waals surface area contributed by atoms with Crippen LogP contribution >= 0.6 is 0 Å². The molecule has 2 N–H and O–H groups in total. The number of aryl methyl sites for hydroxylation is 1. The summed E-state index contributed by atoms with van der Waals surface area (Å²) in [5.74, 6) is 0. The van der Waals surface area contributed by atoms with Crippen LogP contribution in [0.4, 0.5) is 16.2 Å². The molecular formula is C19H24N2O2. The summed E-state index contributed by atoms with van der Waals surface area (Å²) in [5, 5.41) is 0. The van der Waals surface area contributed by atoms with Crippen LogP contribution in [0.3, 0.4) is 0 Å². The number of anilines is 2. The Labute approximate surface area is 137 Å². The summed E-state index contributed by atoms with van der Waals surface area (Å²) in [4.78, 5) is 14.3. The van der Waals surface area contributed by atoms with E-state index in [1.807, 2.05) is 76.2 Å². The smallest absolute Gasteiger partial charge is 0.415 e. The molecule has 0 spiro atoms. The van der Waals surface area contributed by atoms with Crippen LogP contribution < -0.4 is 10.6 Å². The number of amides is 1. The van der Waals surface area contributed by atoms with Crippen LogP contribution in [0.1, 0.15) is 31.9 Å². The molecule has 0 atom stereocenters. The maximum atomic E-state index is 12.6. The van der Waals surface area contributed by atoms with E-state index in [9.17, 15) is 4.79 Å². The van der Waals surface area contributed by atoms with Gasteiger partial charge in [-0.05, 0) is 57.0 Å². The molecule has 1 amide bonds. The Morgan fingerprint density at radius 3 is 2.35 bits per heavy atom. The van der Waals surface area contributed by atoms with Crippen LogP contribution in [0.25, 0.3) is 0 Å². The maximum Gasteiger partial charge on any atom is 0.415 e. The van der Waals surface area contributed by atoms with Gasteiger partial charge in [-0.25, -0.2) is 4.79 Å². The van der Waals surface area contributed by atoms with Crippen LogP contribution in [0.5, 0.6) is 0 Å². The molecule has 23 heavy (non-hydrogen) atoms. The molecule has 4 nitrogen and oxygen atoms in total. The molecule has 2 aromatic rings. The van der Waals surface area contributed by atoms with Crippen molar-refractivity contribution >= 4 is 17.5 Å². The molecule has 2 aromatic carbocycles. The highest BCUT2D eigenvalue weighted by Gasteiger charge is 2.23. The Hall–Kier alpha value is -2.49. The number of nitrogens with zero attached hydrogens (tertiary/aromatic N) is 1. The van der Waals surface area contributed by atoms with Gasteiger partial charge in [-0.2, -0.15) is 0 Å². The second-order valence-electron chi connectivity index (χ2n) is 6.59. The summed E-state index contributed by atoms with van der Waals surface area (Å²) in [6, 6.07) is 15.4. The second-order valence-corrected chi connectivity index (χ2v) is 6.59. The van der Waals surface area contributed by atoms with Crippen molar-refractivity contribution < 1.29 is 9.53 Å². The molecule has 0 aliphatic rings. The third-order valence-corrected chi connectivity index (χ3v) is 3.36. The third-order valence-electron chi connectivity index (χ3n) is 3.36. The van der Waals surface area contributed by atoms with Gasteiger partial charge in [0.15, 0.2) is 0 Å². The van der Waals surface area contributed by atoms with Gasteiger partial charge in [-0.15, -0.1) is 0 Å².